The molecule has 122 valence electrons. The van der Waals surface area contributed by atoms with E-state index >= 15 is 0 Å². The summed E-state index contributed by atoms with van der Waals surface area (Å²) in [4.78, 5) is 11.9. The van der Waals surface area contributed by atoms with Crippen molar-refractivity contribution < 1.29 is 4.79 Å². The first-order valence-electron chi connectivity index (χ1n) is 7.33. The lowest BCUT2D eigenvalue weighted by Gasteiger charge is -2.11. The number of anilines is 1. The molecule has 3 aromatic rings. The molecule has 6 nitrogen and oxygen atoms in total. The van der Waals surface area contributed by atoms with Crippen LogP contribution in [0.15, 0.2) is 48.5 Å². The first kappa shape index (κ1) is 16.3. The van der Waals surface area contributed by atoms with Crippen molar-refractivity contribution in [3.8, 4) is 0 Å². The molecule has 0 aliphatic heterocycles. The first-order valence-corrected chi connectivity index (χ1v) is 8.46. The highest BCUT2D eigenvalue weighted by molar-refractivity contribution is 7.80. The molecular weight excluding hydrogens is 342 g/mol. The quantitative estimate of drug-likeness (QED) is 0.481. The lowest BCUT2D eigenvalue weighted by molar-refractivity contribution is 0.0976. The van der Waals surface area contributed by atoms with Crippen molar-refractivity contribution in [1.82, 2.24) is 19.4 Å². The number of thiocarbonyl (C=S) groups is 1. The third-order valence-electron chi connectivity index (χ3n) is 3.26. The maximum absolute atomic E-state index is 11.9. The molecule has 1 aromatic heterocycles. The van der Waals surface area contributed by atoms with E-state index in [9.17, 15) is 4.79 Å². The second kappa shape index (κ2) is 7.80. The van der Waals surface area contributed by atoms with Gasteiger partial charge in [-0.1, -0.05) is 18.2 Å². The highest BCUT2D eigenvalue weighted by atomic mass is 32.1. The number of aromatic nitrogens is 2. The van der Waals surface area contributed by atoms with Crippen LogP contribution in [0.3, 0.4) is 0 Å². The van der Waals surface area contributed by atoms with Gasteiger partial charge in [-0.05, 0) is 42.5 Å². The molecule has 0 atom stereocenters. The summed E-state index contributed by atoms with van der Waals surface area (Å²) >= 11 is 6.32. The summed E-state index contributed by atoms with van der Waals surface area (Å²) in [5.41, 5.74) is 3.32. The average Bonchev–Trinajstić information content (AvgIpc) is 3.07. The zero-order valence-corrected chi connectivity index (χ0v) is 14.3. The molecule has 3 N–H and O–H groups in total. The fraction of sp³-hybridized carbons (Fsp3) is 0.125. The van der Waals surface area contributed by atoms with Gasteiger partial charge in [0, 0.05) is 24.3 Å². The monoisotopic (exact) mass is 357 g/mol. The van der Waals surface area contributed by atoms with E-state index in [1.807, 2.05) is 36.4 Å². The lowest BCUT2D eigenvalue weighted by atomic mass is 10.2. The largest absolute Gasteiger partial charge is 0.383 e. The van der Waals surface area contributed by atoms with Crippen molar-refractivity contribution in [2.45, 2.75) is 0 Å². The standard InChI is InChI=1S/C16H15N5OS2/c22-15(11-4-2-1-3-5-11)19-16(23)18-9-8-17-12-6-7-13-14(10-12)21-24-20-13/h1-7,10,17H,8-9H2,(H2,18,19,22,23). The van der Waals surface area contributed by atoms with Crippen LogP contribution >= 0.6 is 23.9 Å². The number of amides is 1. The molecule has 3 rings (SSSR count). The summed E-state index contributed by atoms with van der Waals surface area (Å²) < 4.78 is 8.37. The Balaban J connectivity index is 1.41. The number of rotatable bonds is 5. The second-order valence-electron chi connectivity index (χ2n) is 4.97. The van der Waals surface area contributed by atoms with E-state index in [0.717, 1.165) is 16.7 Å². The van der Waals surface area contributed by atoms with Crippen LogP contribution in [0.5, 0.6) is 0 Å². The fourth-order valence-corrected chi connectivity index (χ4v) is 2.80. The van der Waals surface area contributed by atoms with Crippen molar-refractivity contribution in [3.05, 3.63) is 54.1 Å². The Morgan fingerprint density at radius 2 is 1.83 bits per heavy atom. The first-order chi connectivity index (χ1) is 11.7. The average molecular weight is 357 g/mol. The second-order valence-corrected chi connectivity index (χ2v) is 5.91. The van der Waals surface area contributed by atoms with Crippen LogP contribution < -0.4 is 16.0 Å². The van der Waals surface area contributed by atoms with Gasteiger partial charge in [0.05, 0.1) is 11.7 Å². The summed E-state index contributed by atoms with van der Waals surface area (Å²) in [5.74, 6) is -0.220. The van der Waals surface area contributed by atoms with E-state index in [1.54, 1.807) is 12.1 Å². The van der Waals surface area contributed by atoms with E-state index in [0.29, 0.717) is 23.8 Å². The SMILES string of the molecule is O=C(NC(=S)NCCNc1ccc2nsnc2c1)c1ccccc1. The molecule has 8 heteroatoms. The number of nitrogens with one attached hydrogen (secondary N) is 3. The Morgan fingerprint density at radius 3 is 2.67 bits per heavy atom. The van der Waals surface area contributed by atoms with Crippen LogP contribution in [0, 0.1) is 0 Å². The molecule has 1 amide bonds. The molecule has 2 aromatic carbocycles. The minimum atomic E-state index is -0.220. The highest BCUT2D eigenvalue weighted by Crippen LogP contribution is 2.16. The number of hydrogen-bond acceptors (Lipinski definition) is 6. The van der Waals surface area contributed by atoms with Crippen LogP contribution in [0.1, 0.15) is 10.4 Å². The molecule has 0 radical (unpaired) electrons. The molecule has 0 fully saturated rings. The van der Waals surface area contributed by atoms with Gasteiger partial charge in [0.25, 0.3) is 5.91 Å². The summed E-state index contributed by atoms with van der Waals surface area (Å²) in [6.45, 7) is 1.24. The summed E-state index contributed by atoms with van der Waals surface area (Å²) in [6.07, 6.45) is 0. The molecule has 0 aliphatic rings. The molecule has 0 saturated carbocycles. The van der Waals surface area contributed by atoms with Gasteiger partial charge in [-0.15, -0.1) is 0 Å². The summed E-state index contributed by atoms with van der Waals surface area (Å²) in [6, 6.07) is 14.8. The molecule has 24 heavy (non-hydrogen) atoms. The number of hydrogen-bond donors (Lipinski definition) is 3. The van der Waals surface area contributed by atoms with Gasteiger partial charge in [0.2, 0.25) is 0 Å². The number of nitrogens with zero attached hydrogens (tertiary/aromatic N) is 2. The van der Waals surface area contributed by atoms with Gasteiger partial charge < -0.3 is 10.6 Å². The number of benzene rings is 2. The van der Waals surface area contributed by atoms with Crippen LogP contribution in [0.4, 0.5) is 5.69 Å². The van der Waals surface area contributed by atoms with Gasteiger partial charge in [0.1, 0.15) is 11.0 Å². The number of fused-ring (bicyclic) bond motifs is 1. The van der Waals surface area contributed by atoms with Crippen molar-refractivity contribution in [1.29, 1.82) is 0 Å². The van der Waals surface area contributed by atoms with Gasteiger partial charge in [-0.3, -0.25) is 10.1 Å². The van der Waals surface area contributed by atoms with E-state index in [1.165, 1.54) is 11.7 Å². The predicted octanol–water partition coefficient (Wildman–Crippen LogP) is 2.41. The Hall–Kier alpha value is -2.58. The van der Waals surface area contributed by atoms with Crippen molar-refractivity contribution in [2.75, 3.05) is 18.4 Å². The van der Waals surface area contributed by atoms with Crippen molar-refractivity contribution >= 4 is 51.7 Å². The maximum atomic E-state index is 11.9. The van der Waals surface area contributed by atoms with Crippen LogP contribution in [-0.2, 0) is 0 Å². The third-order valence-corrected chi connectivity index (χ3v) is 4.06. The zero-order chi connectivity index (χ0) is 16.8. The van der Waals surface area contributed by atoms with Gasteiger partial charge in [-0.25, -0.2) is 0 Å². The number of carbonyl (C=O) groups is 1. The maximum Gasteiger partial charge on any atom is 0.257 e. The lowest BCUT2D eigenvalue weighted by Crippen LogP contribution is -2.41. The van der Waals surface area contributed by atoms with Gasteiger partial charge >= 0.3 is 0 Å². The Morgan fingerprint density at radius 1 is 1.04 bits per heavy atom. The minimum Gasteiger partial charge on any atom is -0.383 e. The highest BCUT2D eigenvalue weighted by Gasteiger charge is 2.06. The normalized spacial score (nSPS) is 10.3. The van der Waals surface area contributed by atoms with E-state index in [2.05, 4.69) is 24.7 Å². The van der Waals surface area contributed by atoms with E-state index < -0.39 is 0 Å². The topological polar surface area (TPSA) is 78.9 Å². The van der Waals surface area contributed by atoms with Gasteiger partial charge in [-0.2, -0.15) is 8.75 Å². The van der Waals surface area contributed by atoms with E-state index in [-0.39, 0.29) is 5.91 Å². The smallest absolute Gasteiger partial charge is 0.257 e. The molecule has 0 unspecified atom stereocenters. The summed E-state index contributed by atoms with van der Waals surface area (Å²) in [7, 11) is 0. The fourth-order valence-electron chi connectivity index (χ4n) is 2.08. The van der Waals surface area contributed by atoms with E-state index in [4.69, 9.17) is 12.2 Å². The molecule has 0 saturated heterocycles. The molecule has 1 heterocycles. The number of carbonyl (C=O) groups excluding carboxylic acids is 1. The van der Waals surface area contributed by atoms with Crippen LogP contribution in [-0.4, -0.2) is 32.9 Å². The van der Waals surface area contributed by atoms with Gasteiger partial charge in [0.15, 0.2) is 5.11 Å². The van der Waals surface area contributed by atoms with Crippen LogP contribution in [0.25, 0.3) is 11.0 Å². The zero-order valence-electron chi connectivity index (χ0n) is 12.7. The molecule has 0 spiro atoms. The molecular formula is C16H15N5OS2. The Labute approximate surface area is 148 Å². The Bertz CT molecular complexity index is 850. The summed E-state index contributed by atoms with van der Waals surface area (Å²) in [5, 5.41) is 9.23. The third kappa shape index (κ3) is 4.24. The minimum absolute atomic E-state index is 0.220. The van der Waals surface area contributed by atoms with Crippen molar-refractivity contribution in [2.24, 2.45) is 0 Å². The van der Waals surface area contributed by atoms with Crippen LogP contribution in [0.2, 0.25) is 0 Å². The Kier molecular flexibility index (Phi) is 5.29. The van der Waals surface area contributed by atoms with Crippen molar-refractivity contribution in [3.63, 3.8) is 0 Å². The molecule has 0 bridgehead atoms. The molecule has 0 aliphatic carbocycles. The predicted molar refractivity (Wildman–Crippen MR) is 100 cm³/mol.